The summed E-state index contributed by atoms with van der Waals surface area (Å²) in [5.41, 5.74) is 1.24. The lowest BCUT2D eigenvalue weighted by Crippen LogP contribution is -2.13. The van der Waals surface area contributed by atoms with E-state index in [9.17, 15) is 0 Å². The third kappa shape index (κ3) is 7.83. The number of ether oxygens (including phenoxy) is 1. The Morgan fingerprint density at radius 1 is 1.11 bits per heavy atom. The average molecular weight is 264 g/mol. The highest BCUT2D eigenvalue weighted by Crippen LogP contribution is 2.10. The summed E-state index contributed by atoms with van der Waals surface area (Å²) in [6.07, 6.45) is 9.30. The van der Waals surface area contributed by atoms with Gasteiger partial charge in [-0.1, -0.05) is 39.5 Å². The van der Waals surface area contributed by atoms with Crippen LogP contribution in [0.15, 0.2) is 18.3 Å². The van der Waals surface area contributed by atoms with Crippen LogP contribution in [0.2, 0.25) is 0 Å². The van der Waals surface area contributed by atoms with Crippen molar-refractivity contribution in [3.05, 3.63) is 23.9 Å². The molecule has 108 valence electrons. The Morgan fingerprint density at radius 3 is 2.74 bits per heavy atom. The van der Waals surface area contributed by atoms with Gasteiger partial charge in [0, 0.05) is 18.8 Å². The number of aromatic nitrogens is 1. The number of hydrogen-bond donors (Lipinski definition) is 1. The number of pyridine rings is 1. The molecule has 0 radical (unpaired) electrons. The number of hydrogen-bond acceptors (Lipinski definition) is 3. The second kappa shape index (κ2) is 10.8. The second-order valence-electron chi connectivity index (χ2n) is 4.94. The van der Waals surface area contributed by atoms with E-state index in [1.807, 2.05) is 18.3 Å². The molecule has 0 unspecified atom stereocenters. The third-order valence-corrected chi connectivity index (χ3v) is 3.05. The smallest absolute Gasteiger partial charge is 0.213 e. The van der Waals surface area contributed by atoms with Crippen LogP contribution in [0.3, 0.4) is 0 Å². The molecule has 0 aliphatic heterocycles. The standard InChI is InChI=1S/C16H28N2O/c1-3-5-6-7-8-12-19-16-13-15(9-11-18-16)14-17-10-4-2/h9,11,13,17H,3-8,10,12,14H2,1-2H3. The summed E-state index contributed by atoms with van der Waals surface area (Å²) in [5.74, 6) is 0.756. The van der Waals surface area contributed by atoms with E-state index < -0.39 is 0 Å². The fraction of sp³-hybridized carbons (Fsp3) is 0.688. The molecule has 0 aliphatic carbocycles. The highest BCUT2D eigenvalue weighted by Gasteiger charge is 1.98. The zero-order valence-corrected chi connectivity index (χ0v) is 12.5. The van der Waals surface area contributed by atoms with Gasteiger partial charge in [-0.05, 0) is 31.0 Å². The summed E-state index contributed by atoms with van der Waals surface area (Å²) in [5, 5.41) is 3.39. The van der Waals surface area contributed by atoms with Gasteiger partial charge < -0.3 is 10.1 Å². The summed E-state index contributed by atoms with van der Waals surface area (Å²) in [7, 11) is 0. The first kappa shape index (κ1) is 16.0. The molecule has 1 aromatic rings. The summed E-state index contributed by atoms with van der Waals surface area (Å²) in [6, 6.07) is 4.07. The Balaban J connectivity index is 2.20. The van der Waals surface area contributed by atoms with Crippen LogP contribution in [0.1, 0.15) is 57.9 Å². The lowest BCUT2D eigenvalue weighted by molar-refractivity contribution is 0.293. The molecule has 0 bridgehead atoms. The van der Waals surface area contributed by atoms with E-state index in [1.165, 1.54) is 31.2 Å². The van der Waals surface area contributed by atoms with Crippen molar-refractivity contribution in [1.29, 1.82) is 0 Å². The lowest BCUT2D eigenvalue weighted by atomic mass is 10.2. The van der Waals surface area contributed by atoms with E-state index in [1.54, 1.807) is 0 Å². The maximum absolute atomic E-state index is 5.69. The van der Waals surface area contributed by atoms with Gasteiger partial charge in [0.1, 0.15) is 0 Å². The second-order valence-corrected chi connectivity index (χ2v) is 4.94. The molecule has 0 saturated heterocycles. The van der Waals surface area contributed by atoms with Crippen LogP contribution in [0.25, 0.3) is 0 Å². The van der Waals surface area contributed by atoms with Crippen molar-refractivity contribution < 1.29 is 4.74 Å². The number of nitrogens with zero attached hydrogens (tertiary/aromatic N) is 1. The Bertz CT molecular complexity index is 328. The number of unbranched alkanes of at least 4 members (excludes halogenated alkanes) is 4. The van der Waals surface area contributed by atoms with Gasteiger partial charge >= 0.3 is 0 Å². The molecule has 19 heavy (non-hydrogen) atoms. The van der Waals surface area contributed by atoms with Crippen molar-refractivity contribution >= 4 is 0 Å². The van der Waals surface area contributed by atoms with Crippen LogP contribution in [-0.2, 0) is 6.54 Å². The Labute approximate surface area is 117 Å². The molecule has 0 saturated carbocycles. The Kier molecular flexibility index (Phi) is 9.07. The van der Waals surface area contributed by atoms with E-state index in [-0.39, 0.29) is 0 Å². The van der Waals surface area contributed by atoms with E-state index in [4.69, 9.17) is 4.74 Å². The molecular formula is C16H28N2O. The zero-order valence-electron chi connectivity index (χ0n) is 12.5. The van der Waals surface area contributed by atoms with Crippen LogP contribution in [0.5, 0.6) is 5.88 Å². The van der Waals surface area contributed by atoms with Crippen molar-refractivity contribution in [2.75, 3.05) is 13.2 Å². The molecule has 0 fully saturated rings. The molecule has 3 heteroatoms. The summed E-state index contributed by atoms with van der Waals surface area (Å²) in [4.78, 5) is 4.25. The van der Waals surface area contributed by atoms with Crippen LogP contribution >= 0.6 is 0 Å². The fourth-order valence-corrected chi connectivity index (χ4v) is 1.93. The predicted octanol–water partition coefficient (Wildman–Crippen LogP) is 3.93. The van der Waals surface area contributed by atoms with Crippen LogP contribution in [-0.4, -0.2) is 18.1 Å². The third-order valence-electron chi connectivity index (χ3n) is 3.05. The van der Waals surface area contributed by atoms with Crippen molar-refractivity contribution in [3.8, 4) is 5.88 Å². The minimum atomic E-state index is 0.756. The van der Waals surface area contributed by atoms with Crippen LogP contribution in [0, 0.1) is 0 Å². The van der Waals surface area contributed by atoms with Gasteiger partial charge in [-0.25, -0.2) is 4.98 Å². The van der Waals surface area contributed by atoms with Gasteiger partial charge in [0.25, 0.3) is 0 Å². The molecule has 0 aromatic carbocycles. The molecule has 1 heterocycles. The minimum Gasteiger partial charge on any atom is -0.478 e. The molecule has 0 amide bonds. The topological polar surface area (TPSA) is 34.1 Å². The highest BCUT2D eigenvalue weighted by atomic mass is 16.5. The van der Waals surface area contributed by atoms with Gasteiger partial charge in [0.2, 0.25) is 5.88 Å². The zero-order chi connectivity index (χ0) is 13.8. The maximum Gasteiger partial charge on any atom is 0.213 e. The fourth-order valence-electron chi connectivity index (χ4n) is 1.93. The van der Waals surface area contributed by atoms with Crippen LogP contribution < -0.4 is 10.1 Å². The summed E-state index contributed by atoms with van der Waals surface area (Å²) >= 11 is 0. The first-order chi connectivity index (χ1) is 9.36. The molecule has 0 aliphatic rings. The largest absolute Gasteiger partial charge is 0.478 e. The highest BCUT2D eigenvalue weighted by molar-refractivity contribution is 5.20. The van der Waals surface area contributed by atoms with Gasteiger partial charge in [0.05, 0.1) is 6.61 Å². The van der Waals surface area contributed by atoms with Gasteiger partial charge in [-0.2, -0.15) is 0 Å². The normalized spacial score (nSPS) is 10.6. The van der Waals surface area contributed by atoms with E-state index in [0.717, 1.165) is 38.4 Å². The molecule has 1 aromatic heterocycles. The van der Waals surface area contributed by atoms with Gasteiger partial charge in [-0.15, -0.1) is 0 Å². The van der Waals surface area contributed by atoms with Crippen molar-refractivity contribution in [2.24, 2.45) is 0 Å². The lowest BCUT2D eigenvalue weighted by Gasteiger charge is -2.07. The van der Waals surface area contributed by atoms with Crippen LogP contribution in [0.4, 0.5) is 0 Å². The molecule has 0 atom stereocenters. The summed E-state index contributed by atoms with van der Waals surface area (Å²) < 4.78 is 5.69. The van der Waals surface area contributed by atoms with E-state index in [0.29, 0.717) is 0 Å². The van der Waals surface area contributed by atoms with Crippen molar-refractivity contribution in [2.45, 2.75) is 58.9 Å². The molecule has 1 rings (SSSR count). The predicted molar refractivity (Wildman–Crippen MR) is 80.5 cm³/mol. The minimum absolute atomic E-state index is 0.756. The quantitative estimate of drug-likeness (QED) is 0.615. The van der Waals surface area contributed by atoms with E-state index in [2.05, 4.69) is 24.1 Å². The molecule has 1 N–H and O–H groups in total. The first-order valence-corrected chi connectivity index (χ1v) is 7.65. The Hall–Kier alpha value is -1.09. The average Bonchev–Trinajstić information content (AvgIpc) is 2.43. The number of nitrogens with one attached hydrogen (secondary N) is 1. The Morgan fingerprint density at radius 2 is 1.95 bits per heavy atom. The molecule has 3 nitrogen and oxygen atoms in total. The first-order valence-electron chi connectivity index (χ1n) is 7.65. The van der Waals surface area contributed by atoms with Crippen molar-refractivity contribution in [3.63, 3.8) is 0 Å². The summed E-state index contributed by atoms with van der Waals surface area (Å²) in [6.45, 7) is 7.13. The van der Waals surface area contributed by atoms with Crippen molar-refractivity contribution in [1.82, 2.24) is 10.3 Å². The van der Waals surface area contributed by atoms with Gasteiger partial charge in [-0.3, -0.25) is 0 Å². The van der Waals surface area contributed by atoms with Gasteiger partial charge in [0.15, 0.2) is 0 Å². The monoisotopic (exact) mass is 264 g/mol. The SMILES string of the molecule is CCCCCCCOc1cc(CNCCC)ccn1. The number of rotatable bonds is 11. The molecular weight excluding hydrogens is 236 g/mol. The molecule has 0 spiro atoms. The van der Waals surface area contributed by atoms with E-state index >= 15 is 0 Å². The maximum atomic E-state index is 5.69.